The Bertz CT molecular complexity index is 197. The van der Waals surface area contributed by atoms with Gasteiger partial charge < -0.3 is 0 Å². The number of rotatable bonds is 0. The maximum atomic E-state index is 2.20. The minimum Gasteiger partial charge on any atom is -0.0589 e. The zero-order valence-electron chi connectivity index (χ0n) is 7.88. The molecule has 0 saturated carbocycles. The molecular formula is C10H15Mn. The van der Waals surface area contributed by atoms with E-state index in [0.717, 1.165) is 0 Å². The Balaban J connectivity index is 0.000001000. The van der Waals surface area contributed by atoms with Crippen LogP contribution in [-0.2, 0) is 17.1 Å². The number of allylic oxidation sites excluding steroid dienone is 4. The topological polar surface area (TPSA) is 0 Å². The van der Waals surface area contributed by atoms with Crippen LogP contribution in [0.25, 0.3) is 0 Å². The van der Waals surface area contributed by atoms with E-state index in [1.165, 1.54) is 28.2 Å². The van der Waals surface area contributed by atoms with E-state index in [2.05, 4.69) is 34.6 Å². The van der Waals surface area contributed by atoms with Crippen molar-refractivity contribution in [1.29, 1.82) is 0 Å². The summed E-state index contributed by atoms with van der Waals surface area (Å²) in [5, 5.41) is 0. The molecule has 0 fully saturated rings. The van der Waals surface area contributed by atoms with Gasteiger partial charge in [-0.3, -0.25) is 0 Å². The van der Waals surface area contributed by atoms with Gasteiger partial charge in [-0.15, -0.1) is 0 Å². The maximum absolute atomic E-state index is 2.20. The molecule has 2 radical (unpaired) electrons. The van der Waals surface area contributed by atoms with E-state index in [1.807, 2.05) is 0 Å². The van der Waals surface area contributed by atoms with Crippen LogP contribution in [0.2, 0.25) is 0 Å². The molecule has 1 heteroatoms. The molecule has 0 spiro atoms. The summed E-state index contributed by atoms with van der Waals surface area (Å²) >= 11 is 0. The van der Waals surface area contributed by atoms with Gasteiger partial charge in [0.05, 0.1) is 0 Å². The van der Waals surface area contributed by atoms with Gasteiger partial charge in [0.1, 0.15) is 0 Å². The van der Waals surface area contributed by atoms with Gasteiger partial charge in [0.2, 0.25) is 0 Å². The molecule has 0 aromatic heterocycles. The number of hydrogen-bond acceptors (Lipinski definition) is 0. The fraction of sp³-hybridized carbons (Fsp3) is 0.500. The van der Waals surface area contributed by atoms with Crippen LogP contribution in [0, 0.1) is 5.92 Å². The monoisotopic (exact) mass is 190 g/mol. The predicted molar refractivity (Wildman–Crippen MR) is 45.7 cm³/mol. The fourth-order valence-corrected chi connectivity index (χ4v) is 1.41. The number of hydrogen-bond donors (Lipinski definition) is 0. The summed E-state index contributed by atoms with van der Waals surface area (Å²) in [7, 11) is 0. The van der Waals surface area contributed by atoms with Crippen molar-refractivity contribution >= 4 is 0 Å². The summed E-state index contributed by atoms with van der Waals surface area (Å²) in [6.07, 6.45) is 0. The minimum absolute atomic E-state index is 0. The molecule has 0 bridgehead atoms. The molecule has 0 amide bonds. The SMILES string of the molecule is C[C]1C(C)=C(C)C(C)=C1C.[Mn]. The van der Waals surface area contributed by atoms with E-state index < -0.39 is 0 Å². The Morgan fingerprint density at radius 2 is 0.818 bits per heavy atom. The molecule has 0 saturated heterocycles. The van der Waals surface area contributed by atoms with Crippen LogP contribution in [0.15, 0.2) is 22.3 Å². The van der Waals surface area contributed by atoms with E-state index in [1.54, 1.807) is 0 Å². The molecule has 0 aromatic carbocycles. The van der Waals surface area contributed by atoms with Crippen LogP contribution in [0.3, 0.4) is 0 Å². The first-order valence-electron chi connectivity index (χ1n) is 3.75. The molecule has 1 aliphatic carbocycles. The molecule has 11 heavy (non-hydrogen) atoms. The molecular weight excluding hydrogens is 175 g/mol. The average molecular weight is 190 g/mol. The molecule has 62 valence electrons. The van der Waals surface area contributed by atoms with E-state index in [9.17, 15) is 0 Å². The first kappa shape index (κ1) is 11.0. The normalized spacial score (nSPS) is 19.4. The maximum Gasteiger partial charge on any atom is 0.0226 e. The second-order valence-electron chi connectivity index (χ2n) is 3.12. The molecule has 0 atom stereocenters. The molecule has 0 unspecified atom stereocenters. The van der Waals surface area contributed by atoms with Gasteiger partial charge in [-0.1, -0.05) is 18.1 Å². The van der Waals surface area contributed by atoms with Crippen LogP contribution < -0.4 is 0 Å². The van der Waals surface area contributed by atoms with E-state index in [4.69, 9.17) is 0 Å². The molecule has 1 aliphatic rings. The Hall–Kier alpha value is -0.000519. The van der Waals surface area contributed by atoms with Gasteiger partial charge in [0.15, 0.2) is 0 Å². The first-order chi connectivity index (χ1) is 4.55. The van der Waals surface area contributed by atoms with Gasteiger partial charge in [-0.2, -0.15) is 0 Å². The third-order valence-corrected chi connectivity index (χ3v) is 2.81. The van der Waals surface area contributed by atoms with Crippen LogP contribution in [-0.4, -0.2) is 0 Å². The Morgan fingerprint density at radius 3 is 0.909 bits per heavy atom. The standard InChI is InChI=1S/C10H15.Mn/c1-6-7(2)9(4)10(5)8(6)3;/h1-5H3;. The predicted octanol–water partition coefficient (Wildman–Crippen LogP) is 3.26. The zero-order valence-corrected chi connectivity index (χ0v) is 9.06. The quantitative estimate of drug-likeness (QED) is 0.514. The van der Waals surface area contributed by atoms with Crippen molar-refractivity contribution < 1.29 is 17.1 Å². The van der Waals surface area contributed by atoms with Gasteiger partial charge in [0.25, 0.3) is 0 Å². The molecule has 0 N–H and O–H groups in total. The Morgan fingerprint density at radius 1 is 0.545 bits per heavy atom. The fourth-order valence-electron chi connectivity index (χ4n) is 1.41. The molecule has 0 aliphatic heterocycles. The van der Waals surface area contributed by atoms with E-state index in [0.29, 0.717) is 0 Å². The Kier molecular flexibility index (Phi) is 3.60. The summed E-state index contributed by atoms with van der Waals surface area (Å²) in [5.41, 5.74) is 5.87. The van der Waals surface area contributed by atoms with Gasteiger partial charge in [-0.25, -0.2) is 0 Å². The average Bonchev–Trinajstić information content (AvgIpc) is 2.07. The van der Waals surface area contributed by atoms with E-state index in [-0.39, 0.29) is 17.1 Å². The van der Waals surface area contributed by atoms with Crippen LogP contribution in [0.1, 0.15) is 34.6 Å². The molecule has 0 heterocycles. The van der Waals surface area contributed by atoms with Gasteiger partial charge in [0, 0.05) is 23.0 Å². The van der Waals surface area contributed by atoms with Crippen molar-refractivity contribution in [3.63, 3.8) is 0 Å². The minimum atomic E-state index is 0. The van der Waals surface area contributed by atoms with Crippen molar-refractivity contribution in [2.24, 2.45) is 0 Å². The largest absolute Gasteiger partial charge is 0.0589 e. The van der Waals surface area contributed by atoms with Crippen molar-refractivity contribution in [2.45, 2.75) is 34.6 Å². The third-order valence-electron chi connectivity index (χ3n) is 2.81. The van der Waals surface area contributed by atoms with Crippen LogP contribution >= 0.6 is 0 Å². The molecule has 0 aromatic rings. The van der Waals surface area contributed by atoms with Crippen molar-refractivity contribution in [2.75, 3.05) is 0 Å². The third kappa shape index (κ3) is 1.60. The van der Waals surface area contributed by atoms with Gasteiger partial charge >= 0.3 is 0 Å². The van der Waals surface area contributed by atoms with Crippen molar-refractivity contribution in [3.05, 3.63) is 28.2 Å². The summed E-state index contributed by atoms with van der Waals surface area (Å²) in [6, 6.07) is 0. The summed E-state index contributed by atoms with van der Waals surface area (Å²) in [5.74, 6) is 1.47. The summed E-state index contributed by atoms with van der Waals surface area (Å²) in [6.45, 7) is 11.0. The Labute approximate surface area is 80.2 Å². The summed E-state index contributed by atoms with van der Waals surface area (Å²) < 4.78 is 0. The second kappa shape index (κ2) is 3.60. The second-order valence-corrected chi connectivity index (χ2v) is 3.12. The van der Waals surface area contributed by atoms with Crippen LogP contribution in [0.5, 0.6) is 0 Å². The molecule has 0 nitrogen and oxygen atoms in total. The first-order valence-corrected chi connectivity index (χ1v) is 3.75. The van der Waals surface area contributed by atoms with Crippen LogP contribution in [0.4, 0.5) is 0 Å². The van der Waals surface area contributed by atoms with E-state index >= 15 is 0 Å². The molecule has 1 rings (SSSR count). The van der Waals surface area contributed by atoms with Gasteiger partial charge in [-0.05, 0) is 38.8 Å². The smallest absolute Gasteiger partial charge is 0.0226 e. The van der Waals surface area contributed by atoms with Crippen molar-refractivity contribution in [3.8, 4) is 0 Å². The van der Waals surface area contributed by atoms with Crippen molar-refractivity contribution in [1.82, 2.24) is 0 Å². The zero-order chi connectivity index (χ0) is 7.89. The summed E-state index contributed by atoms with van der Waals surface area (Å²) in [4.78, 5) is 0.